The van der Waals surface area contributed by atoms with E-state index in [9.17, 15) is 0 Å². The fraction of sp³-hybridized carbons (Fsp3) is 0.121. The number of rotatable bonds is 4. The Morgan fingerprint density at radius 1 is 0.227 bits per heavy atom. The van der Waals surface area contributed by atoms with Crippen molar-refractivity contribution < 1.29 is 0 Å². The Morgan fingerprint density at radius 3 is 0.758 bits per heavy atom. The van der Waals surface area contributed by atoms with Crippen LogP contribution in [-0.4, -0.2) is 0 Å². The van der Waals surface area contributed by atoms with Crippen LogP contribution in [0.3, 0.4) is 0 Å². The van der Waals surface area contributed by atoms with E-state index < -0.39 is 0 Å². The van der Waals surface area contributed by atoms with Crippen molar-refractivity contribution in [1.29, 1.82) is 0 Å². The lowest BCUT2D eigenvalue weighted by Gasteiger charge is -2.27. The van der Waals surface area contributed by atoms with Crippen molar-refractivity contribution in [3.05, 3.63) is 237 Å². The standard InChI is InChI=1S/C66H48/c1-37-61(45-21-25-57-49(33-45)29-41-13-5-9-17-53(41)57)39(3)66-64(48-24-28-60-52(36-48)32-44-16-8-12-20-56(44)60)38(2)62(46-22-26-58-50(34-46)30-42-14-6-10-18-54(42)58)40(4)65(66)63(37)47-23-27-59-51(35-47)31-43-15-7-11-19-55(43)59/h5-28,33-36H,29-32H2,1-4H3. The summed E-state index contributed by atoms with van der Waals surface area (Å²) in [6.45, 7) is 9.68. The van der Waals surface area contributed by atoms with E-state index in [0.717, 1.165) is 25.7 Å². The predicted octanol–water partition coefficient (Wildman–Crippen LogP) is 17.0. The highest BCUT2D eigenvalue weighted by Crippen LogP contribution is 2.53. The Labute approximate surface area is 387 Å². The van der Waals surface area contributed by atoms with E-state index in [1.807, 2.05) is 0 Å². The largest absolute Gasteiger partial charge is 0.0619 e. The first-order valence-corrected chi connectivity index (χ1v) is 23.8. The summed E-state index contributed by atoms with van der Waals surface area (Å²) in [4.78, 5) is 0. The molecule has 0 aromatic heterocycles. The van der Waals surface area contributed by atoms with E-state index in [1.165, 1.54) is 167 Å². The molecule has 0 aliphatic heterocycles. The van der Waals surface area contributed by atoms with Crippen molar-refractivity contribution in [2.45, 2.75) is 53.4 Å². The molecule has 0 radical (unpaired) electrons. The zero-order valence-corrected chi connectivity index (χ0v) is 38.0. The average molecular weight is 841 g/mol. The van der Waals surface area contributed by atoms with E-state index in [1.54, 1.807) is 0 Å². The number of hydrogen-bond donors (Lipinski definition) is 0. The van der Waals surface area contributed by atoms with Crippen LogP contribution in [0.25, 0.3) is 99.8 Å². The first-order chi connectivity index (χ1) is 32.4. The maximum atomic E-state index is 2.54. The summed E-state index contributed by atoms with van der Waals surface area (Å²) in [5.41, 5.74) is 38.4. The van der Waals surface area contributed by atoms with Gasteiger partial charge in [-0.2, -0.15) is 0 Å². The minimum Gasteiger partial charge on any atom is -0.0619 e. The quantitative estimate of drug-likeness (QED) is 0.166. The van der Waals surface area contributed by atoms with Crippen LogP contribution >= 0.6 is 0 Å². The lowest BCUT2D eigenvalue weighted by atomic mass is 9.76. The predicted molar refractivity (Wildman–Crippen MR) is 278 cm³/mol. The smallest absolute Gasteiger partial charge is 0.00132 e. The molecule has 0 bridgehead atoms. The summed E-state index contributed by atoms with van der Waals surface area (Å²) >= 11 is 0. The molecule has 0 nitrogen and oxygen atoms in total. The van der Waals surface area contributed by atoms with Gasteiger partial charge in [0.05, 0.1) is 0 Å². The van der Waals surface area contributed by atoms with Gasteiger partial charge in [0, 0.05) is 0 Å². The Kier molecular flexibility index (Phi) is 8.01. The summed E-state index contributed by atoms with van der Waals surface area (Å²) in [6, 6.07) is 65.3. The van der Waals surface area contributed by atoms with Gasteiger partial charge >= 0.3 is 0 Å². The highest BCUT2D eigenvalue weighted by Gasteiger charge is 2.30. The zero-order valence-electron chi connectivity index (χ0n) is 38.0. The first kappa shape index (κ1) is 37.8. The number of aryl methyl sites for hydroxylation is 2. The van der Waals surface area contributed by atoms with Crippen LogP contribution in [0.1, 0.15) is 66.8 Å². The molecule has 10 aromatic rings. The SMILES string of the molecule is Cc1c(-c2ccc3c(c2)Cc2ccccc2-3)c(C)c2c(-c3ccc4c(c3)Cc3ccccc3-4)c(C)c(-c3ccc4c(c3)Cc3ccccc3-4)c(C)c2c1-c1ccc2c(c1)Cc1ccccc1-2. The van der Waals surface area contributed by atoms with Gasteiger partial charge in [-0.05, 0) is 220 Å². The molecule has 0 unspecified atom stereocenters. The van der Waals surface area contributed by atoms with Gasteiger partial charge in [0.15, 0.2) is 0 Å². The highest BCUT2D eigenvalue weighted by atomic mass is 14.3. The molecule has 0 N–H and O–H groups in total. The summed E-state index contributed by atoms with van der Waals surface area (Å²) in [7, 11) is 0. The van der Waals surface area contributed by atoms with E-state index in [0.29, 0.717) is 0 Å². The number of benzene rings is 10. The topological polar surface area (TPSA) is 0 Å². The monoisotopic (exact) mass is 840 g/mol. The van der Waals surface area contributed by atoms with Gasteiger partial charge in [-0.1, -0.05) is 170 Å². The van der Waals surface area contributed by atoms with Crippen molar-refractivity contribution in [1.82, 2.24) is 0 Å². The average Bonchev–Trinajstić information content (AvgIpc) is 4.11. The molecule has 0 saturated carbocycles. The van der Waals surface area contributed by atoms with Crippen molar-refractivity contribution in [3.8, 4) is 89.0 Å². The lowest BCUT2D eigenvalue weighted by Crippen LogP contribution is -2.04. The molecule has 4 aliphatic carbocycles. The van der Waals surface area contributed by atoms with Crippen LogP contribution in [0, 0.1) is 27.7 Å². The van der Waals surface area contributed by atoms with Gasteiger partial charge in [0.2, 0.25) is 0 Å². The summed E-state index contributed by atoms with van der Waals surface area (Å²) < 4.78 is 0. The van der Waals surface area contributed by atoms with Crippen LogP contribution in [-0.2, 0) is 25.7 Å². The molecular weight excluding hydrogens is 793 g/mol. The molecule has 0 spiro atoms. The van der Waals surface area contributed by atoms with Crippen molar-refractivity contribution >= 4 is 10.8 Å². The molecule has 0 atom stereocenters. The molecule has 4 aliphatic rings. The molecular formula is C66H48. The number of fused-ring (bicyclic) bond motifs is 13. The fourth-order valence-corrected chi connectivity index (χ4v) is 13.2. The van der Waals surface area contributed by atoms with Crippen LogP contribution in [0.5, 0.6) is 0 Å². The molecule has 10 aromatic carbocycles. The molecule has 0 amide bonds. The Bertz CT molecular complexity index is 3550. The van der Waals surface area contributed by atoms with E-state index in [-0.39, 0.29) is 0 Å². The van der Waals surface area contributed by atoms with Gasteiger partial charge in [-0.15, -0.1) is 0 Å². The minimum absolute atomic E-state index is 0.962. The third-order valence-corrected chi connectivity index (χ3v) is 16.1. The number of hydrogen-bond acceptors (Lipinski definition) is 0. The Balaban J connectivity index is 1.08. The maximum absolute atomic E-state index is 2.54. The second-order valence-electron chi connectivity index (χ2n) is 19.6. The van der Waals surface area contributed by atoms with Crippen LogP contribution in [0.15, 0.2) is 170 Å². The van der Waals surface area contributed by atoms with Gasteiger partial charge in [0.1, 0.15) is 0 Å². The zero-order chi connectivity index (χ0) is 43.9. The summed E-state index contributed by atoms with van der Waals surface area (Å²) in [5, 5.41) is 2.75. The molecule has 66 heavy (non-hydrogen) atoms. The second kappa shape index (κ2) is 14.0. The Hall–Kier alpha value is -7.54. The molecule has 0 saturated heterocycles. The van der Waals surface area contributed by atoms with E-state index >= 15 is 0 Å². The minimum atomic E-state index is 0.962. The Morgan fingerprint density at radius 2 is 0.470 bits per heavy atom. The maximum Gasteiger partial charge on any atom is -0.00132 e. The fourth-order valence-electron chi connectivity index (χ4n) is 13.2. The van der Waals surface area contributed by atoms with Crippen LogP contribution in [0.4, 0.5) is 0 Å². The van der Waals surface area contributed by atoms with Gasteiger partial charge in [-0.25, -0.2) is 0 Å². The lowest BCUT2D eigenvalue weighted by molar-refractivity contribution is 1.26. The normalized spacial score (nSPS) is 13.2. The third kappa shape index (κ3) is 5.33. The van der Waals surface area contributed by atoms with E-state index in [4.69, 9.17) is 0 Å². The van der Waals surface area contributed by atoms with Crippen LogP contribution in [0.2, 0.25) is 0 Å². The van der Waals surface area contributed by atoms with Gasteiger partial charge in [-0.3, -0.25) is 0 Å². The van der Waals surface area contributed by atoms with E-state index in [2.05, 4.69) is 198 Å². The second-order valence-corrected chi connectivity index (χ2v) is 19.6. The van der Waals surface area contributed by atoms with Gasteiger partial charge < -0.3 is 0 Å². The van der Waals surface area contributed by atoms with Crippen molar-refractivity contribution in [2.24, 2.45) is 0 Å². The highest BCUT2D eigenvalue weighted by molar-refractivity contribution is 6.16. The van der Waals surface area contributed by atoms with Crippen molar-refractivity contribution in [2.75, 3.05) is 0 Å². The van der Waals surface area contributed by atoms with Crippen molar-refractivity contribution in [3.63, 3.8) is 0 Å². The molecule has 0 fully saturated rings. The first-order valence-electron chi connectivity index (χ1n) is 23.8. The molecule has 0 heterocycles. The third-order valence-electron chi connectivity index (χ3n) is 16.1. The summed E-state index contributed by atoms with van der Waals surface area (Å²) in [6.07, 6.45) is 3.87. The van der Waals surface area contributed by atoms with Crippen LogP contribution < -0.4 is 0 Å². The molecule has 0 heteroatoms. The van der Waals surface area contributed by atoms with Gasteiger partial charge in [0.25, 0.3) is 0 Å². The molecule has 312 valence electrons. The summed E-state index contributed by atoms with van der Waals surface area (Å²) in [5.74, 6) is 0. The molecule has 14 rings (SSSR count).